The van der Waals surface area contributed by atoms with Crippen molar-refractivity contribution in [1.29, 1.82) is 0 Å². The van der Waals surface area contributed by atoms with Gasteiger partial charge in [0.05, 0.1) is 11.4 Å². The Hall–Kier alpha value is -1.90. The highest BCUT2D eigenvalue weighted by Crippen LogP contribution is 2.38. The molecule has 0 aliphatic rings. The van der Waals surface area contributed by atoms with Crippen LogP contribution in [-0.4, -0.2) is 26.2 Å². The summed E-state index contributed by atoms with van der Waals surface area (Å²) in [6.45, 7) is -1.22. The zero-order chi connectivity index (χ0) is 17.1. The molecule has 2 aromatic rings. The molecule has 2 N–H and O–H groups in total. The monoisotopic (exact) mass is 345 g/mol. The van der Waals surface area contributed by atoms with Crippen molar-refractivity contribution in [2.45, 2.75) is 16.7 Å². The Bertz CT molecular complexity index is 749. The van der Waals surface area contributed by atoms with E-state index in [4.69, 9.17) is 0 Å². The lowest BCUT2D eigenvalue weighted by molar-refractivity contribution is -0.263. The van der Waals surface area contributed by atoms with E-state index in [1.54, 1.807) is 6.07 Å². The smallest absolute Gasteiger partial charge is 0.375 e. The SMILES string of the molecule is O=S(=O)(NCC(O)(c1ccccc1)C(F)(F)F)c1ccccc1. The van der Waals surface area contributed by atoms with Crippen LogP contribution in [0.1, 0.15) is 5.56 Å². The van der Waals surface area contributed by atoms with E-state index in [9.17, 15) is 26.7 Å². The maximum atomic E-state index is 13.3. The summed E-state index contributed by atoms with van der Waals surface area (Å²) in [5, 5.41) is 10.1. The quantitative estimate of drug-likeness (QED) is 0.875. The summed E-state index contributed by atoms with van der Waals surface area (Å²) in [4.78, 5) is -0.183. The van der Waals surface area contributed by atoms with E-state index in [-0.39, 0.29) is 4.90 Å². The largest absolute Gasteiger partial charge is 0.422 e. The number of halogens is 3. The summed E-state index contributed by atoms with van der Waals surface area (Å²) in [6, 6.07) is 13.3. The fraction of sp³-hybridized carbons (Fsp3) is 0.200. The lowest BCUT2D eigenvalue weighted by atomic mass is 9.93. The van der Waals surface area contributed by atoms with Crippen LogP contribution in [0.4, 0.5) is 13.2 Å². The van der Waals surface area contributed by atoms with Gasteiger partial charge in [0.1, 0.15) is 0 Å². The highest BCUT2D eigenvalue weighted by molar-refractivity contribution is 7.89. The van der Waals surface area contributed by atoms with Crippen molar-refractivity contribution in [3.05, 3.63) is 66.2 Å². The molecule has 0 heterocycles. The second-order valence-electron chi connectivity index (χ2n) is 4.86. The van der Waals surface area contributed by atoms with Gasteiger partial charge in [-0.3, -0.25) is 0 Å². The average Bonchev–Trinajstić information content (AvgIpc) is 2.53. The van der Waals surface area contributed by atoms with E-state index in [0.717, 1.165) is 12.1 Å². The molecule has 0 radical (unpaired) electrons. The van der Waals surface area contributed by atoms with Crippen molar-refractivity contribution in [3.8, 4) is 0 Å². The van der Waals surface area contributed by atoms with Crippen molar-refractivity contribution in [3.63, 3.8) is 0 Å². The fourth-order valence-corrected chi connectivity index (χ4v) is 3.04. The van der Waals surface area contributed by atoms with Crippen molar-refractivity contribution in [2.24, 2.45) is 0 Å². The molecule has 1 unspecified atom stereocenters. The third-order valence-electron chi connectivity index (χ3n) is 3.29. The van der Waals surface area contributed by atoms with Crippen LogP contribution >= 0.6 is 0 Å². The molecular formula is C15H14F3NO3S. The Morgan fingerprint density at radius 1 is 0.913 bits per heavy atom. The second-order valence-corrected chi connectivity index (χ2v) is 6.63. The molecule has 0 bridgehead atoms. The lowest BCUT2D eigenvalue weighted by Crippen LogP contribution is -2.50. The molecule has 0 saturated carbocycles. The van der Waals surface area contributed by atoms with E-state index >= 15 is 0 Å². The molecule has 23 heavy (non-hydrogen) atoms. The van der Waals surface area contributed by atoms with Gasteiger partial charge in [0.15, 0.2) is 5.60 Å². The zero-order valence-electron chi connectivity index (χ0n) is 11.8. The van der Waals surface area contributed by atoms with Crippen LogP contribution < -0.4 is 4.72 Å². The van der Waals surface area contributed by atoms with Gasteiger partial charge in [0, 0.05) is 0 Å². The molecule has 0 amide bonds. The number of hydrogen-bond acceptors (Lipinski definition) is 3. The molecule has 2 aromatic carbocycles. The Balaban J connectivity index is 2.31. The number of alkyl halides is 3. The molecule has 0 spiro atoms. The standard InChI is InChI=1S/C15H14F3NO3S/c16-15(17,18)14(20,12-7-3-1-4-8-12)11-19-23(21,22)13-9-5-2-6-10-13/h1-10,19-20H,11H2. The number of nitrogens with one attached hydrogen (secondary N) is 1. The van der Waals surface area contributed by atoms with E-state index in [2.05, 4.69) is 0 Å². The predicted octanol–water partition coefficient (Wildman–Crippen LogP) is 2.42. The van der Waals surface area contributed by atoms with E-state index in [1.165, 1.54) is 42.5 Å². The van der Waals surface area contributed by atoms with Gasteiger partial charge in [-0.15, -0.1) is 0 Å². The number of benzene rings is 2. The number of rotatable bonds is 5. The molecular weight excluding hydrogens is 331 g/mol. The third kappa shape index (κ3) is 3.72. The van der Waals surface area contributed by atoms with Gasteiger partial charge in [-0.05, 0) is 17.7 Å². The molecule has 0 aliphatic heterocycles. The number of sulfonamides is 1. The van der Waals surface area contributed by atoms with Crippen LogP contribution in [-0.2, 0) is 15.6 Å². The Morgan fingerprint density at radius 2 is 1.39 bits per heavy atom. The van der Waals surface area contributed by atoms with Crippen molar-refractivity contribution >= 4 is 10.0 Å². The Morgan fingerprint density at radius 3 is 1.87 bits per heavy atom. The molecule has 2 rings (SSSR count). The number of aliphatic hydroxyl groups is 1. The van der Waals surface area contributed by atoms with Crippen LogP contribution in [0.25, 0.3) is 0 Å². The molecule has 8 heteroatoms. The first-order valence-corrected chi connectivity index (χ1v) is 8.04. The van der Waals surface area contributed by atoms with Crippen molar-refractivity contribution in [1.82, 2.24) is 4.72 Å². The van der Waals surface area contributed by atoms with Crippen LogP contribution in [0.15, 0.2) is 65.6 Å². The molecule has 0 saturated heterocycles. The highest BCUT2D eigenvalue weighted by atomic mass is 32.2. The third-order valence-corrected chi connectivity index (χ3v) is 4.71. The predicted molar refractivity (Wildman–Crippen MR) is 78.0 cm³/mol. The van der Waals surface area contributed by atoms with Crippen LogP contribution in [0.3, 0.4) is 0 Å². The van der Waals surface area contributed by atoms with Gasteiger partial charge >= 0.3 is 6.18 Å². The molecule has 1 atom stereocenters. The van der Waals surface area contributed by atoms with Gasteiger partial charge in [-0.1, -0.05) is 48.5 Å². The van der Waals surface area contributed by atoms with Crippen LogP contribution in [0.5, 0.6) is 0 Å². The normalized spacial score (nSPS) is 15.1. The Labute approximate surface area is 131 Å². The first kappa shape index (κ1) is 17.5. The summed E-state index contributed by atoms with van der Waals surface area (Å²) in [5.41, 5.74) is -3.76. The van der Waals surface area contributed by atoms with E-state index in [1.807, 2.05) is 4.72 Å². The summed E-state index contributed by atoms with van der Waals surface area (Å²) in [6.07, 6.45) is -5.05. The van der Waals surface area contributed by atoms with Gasteiger partial charge < -0.3 is 5.11 Å². The average molecular weight is 345 g/mol. The van der Waals surface area contributed by atoms with Crippen LogP contribution in [0, 0.1) is 0 Å². The highest BCUT2D eigenvalue weighted by Gasteiger charge is 2.55. The first-order chi connectivity index (χ1) is 10.7. The van der Waals surface area contributed by atoms with Gasteiger partial charge in [0.2, 0.25) is 10.0 Å². The maximum Gasteiger partial charge on any atom is 0.422 e. The lowest BCUT2D eigenvalue weighted by Gasteiger charge is -2.31. The maximum absolute atomic E-state index is 13.3. The molecule has 0 fully saturated rings. The molecule has 4 nitrogen and oxygen atoms in total. The first-order valence-electron chi connectivity index (χ1n) is 6.56. The fourth-order valence-electron chi connectivity index (χ4n) is 1.96. The van der Waals surface area contributed by atoms with Crippen LogP contribution in [0.2, 0.25) is 0 Å². The zero-order valence-corrected chi connectivity index (χ0v) is 12.6. The summed E-state index contributed by atoms with van der Waals surface area (Å²) < 4.78 is 65.8. The minimum Gasteiger partial charge on any atom is -0.375 e. The molecule has 0 aliphatic carbocycles. The van der Waals surface area contributed by atoms with Crippen molar-refractivity contribution in [2.75, 3.05) is 6.54 Å². The minimum atomic E-state index is -5.05. The second kappa shape index (κ2) is 6.31. The summed E-state index contributed by atoms with van der Waals surface area (Å²) in [5.74, 6) is 0. The van der Waals surface area contributed by atoms with Crippen molar-refractivity contribution < 1.29 is 26.7 Å². The minimum absolute atomic E-state index is 0.183. The van der Waals surface area contributed by atoms with Gasteiger partial charge in [-0.25, -0.2) is 13.1 Å². The van der Waals surface area contributed by atoms with Gasteiger partial charge in [-0.2, -0.15) is 13.2 Å². The molecule has 0 aromatic heterocycles. The Kier molecular flexibility index (Phi) is 4.79. The van der Waals surface area contributed by atoms with E-state index in [0.29, 0.717) is 0 Å². The number of hydrogen-bond donors (Lipinski definition) is 2. The molecule has 124 valence electrons. The topological polar surface area (TPSA) is 66.4 Å². The van der Waals surface area contributed by atoms with Gasteiger partial charge in [0.25, 0.3) is 0 Å². The van der Waals surface area contributed by atoms with E-state index < -0.39 is 33.9 Å². The summed E-state index contributed by atoms with van der Waals surface area (Å²) in [7, 11) is -4.17. The summed E-state index contributed by atoms with van der Waals surface area (Å²) >= 11 is 0.